The number of aromatic nitrogens is 1. The van der Waals surface area contributed by atoms with Gasteiger partial charge in [0.05, 0.1) is 16.8 Å². The molecule has 0 aliphatic heterocycles. The van der Waals surface area contributed by atoms with Gasteiger partial charge in [-0.1, -0.05) is 0 Å². The second-order valence-electron chi connectivity index (χ2n) is 7.79. The Morgan fingerprint density at radius 3 is 1.93 bits per heavy atom. The zero-order valence-electron chi connectivity index (χ0n) is 17.9. The predicted octanol–water partition coefficient (Wildman–Crippen LogP) is 5.85. The van der Waals surface area contributed by atoms with Crippen LogP contribution >= 0.6 is 0 Å². The van der Waals surface area contributed by atoms with Crippen molar-refractivity contribution in [1.29, 1.82) is 0 Å². The molecular weight excluding hydrogens is 351 g/mol. The first-order valence-electron chi connectivity index (χ1n) is 9.44. The summed E-state index contributed by atoms with van der Waals surface area (Å²) >= 11 is 0. The first kappa shape index (κ1) is 20.0. The maximum absolute atomic E-state index is 15.2. The second-order valence-corrected chi connectivity index (χ2v) is 7.79. The van der Waals surface area contributed by atoms with Crippen molar-refractivity contribution >= 4 is 22.4 Å². The maximum Gasteiger partial charge on any atom is 0.163 e. The number of Topliss-reactive ketones (excluding diaryl/α,β-unsaturated/α-hetero) is 1. The largest absolute Gasteiger partial charge is 0.376 e. The zero-order chi connectivity index (χ0) is 20.9. The highest BCUT2D eigenvalue weighted by molar-refractivity contribution is 6.10. The smallest absolute Gasteiger partial charge is 0.163 e. The van der Waals surface area contributed by atoms with E-state index in [-0.39, 0.29) is 11.6 Å². The number of pyridine rings is 1. The molecule has 0 amide bonds. The van der Waals surface area contributed by atoms with Gasteiger partial charge in [-0.2, -0.15) is 0 Å². The Balaban J connectivity index is 2.53. The number of nitrogens with zero attached hydrogens (tertiary/aromatic N) is 2. The summed E-state index contributed by atoms with van der Waals surface area (Å²) in [6.07, 6.45) is 1.57. The van der Waals surface area contributed by atoms with Crippen molar-refractivity contribution in [3.05, 3.63) is 57.5 Å². The van der Waals surface area contributed by atoms with Gasteiger partial charge in [-0.3, -0.25) is 9.78 Å². The minimum Gasteiger partial charge on any atom is -0.376 e. The minimum absolute atomic E-state index is 0.0571. The fourth-order valence-electron chi connectivity index (χ4n) is 4.08. The van der Waals surface area contributed by atoms with Crippen molar-refractivity contribution in [2.24, 2.45) is 0 Å². The molecule has 0 atom stereocenters. The Morgan fingerprint density at radius 1 is 0.893 bits per heavy atom. The number of anilines is 1. The van der Waals surface area contributed by atoms with Crippen LogP contribution in [0.3, 0.4) is 0 Å². The number of carbonyl (C=O) groups is 1. The molecule has 0 radical (unpaired) electrons. The van der Waals surface area contributed by atoms with Gasteiger partial charge in [0.1, 0.15) is 5.82 Å². The lowest BCUT2D eigenvalue weighted by atomic mass is 9.85. The summed E-state index contributed by atoms with van der Waals surface area (Å²) in [5.41, 5.74) is 9.02. The van der Waals surface area contributed by atoms with Gasteiger partial charge in [-0.05, 0) is 87.1 Å². The SMILES string of the molecule is CC(=O)c1cnc2c(-c3c(C)c(C)c(C)c(C)c3C)c(F)ccc2c1N(C)C. The number of carbonyl (C=O) groups excluding carboxylic acids is 1. The van der Waals surface area contributed by atoms with Crippen molar-refractivity contribution < 1.29 is 9.18 Å². The van der Waals surface area contributed by atoms with Crippen LogP contribution in [-0.2, 0) is 0 Å². The summed E-state index contributed by atoms with van der Waals surface area (Å²) in [6, 6.07) is 3.21. The van der Waals surface area contributed by atoms with E-state index in [1.165, 1.54) is 29.7 Å². The van der Waals surface area contributed by atoms with Gasteiger partial charge in [-0.15, -0.1) is 0 Å². The third kappa shape index (κ3) is 2.88. The van der Waals surface area contributed by atoms with E-state index in [0.29, 0.717) is 16.6 Å². The molecule has 0 aliphatic rings. The first-order valence-corrected chi connectivity index (χ1v) is 9.44. The van der Waals surface area contributed by atoms with Crippen LogP contribution in [0.4, 0.5) is 10.1 Å². The van der Waals surface area contributed by atoms with E-state index in [1.807, 2.05) is 32.8 Å². The van der Waals surface area contributed by atoms with Crippen LogP contribution in [0, 0.1) is 40.4 Å². The molecule has 0 aliphatic carbocycles. The lowest BCUT2D eigenvalue weighted by Crippen LogP contribution is -2.14. The van der Waals surface area contributed by atoms with Crippen molar-refractivity contribution in [2.75, 3.05) is 19.0 Å². The zero-order valence-corrected chi connectivity index (χ0v) is 17.9. The van der Waals surface area contributed by atoms with Gasteiger partial charge in [0.2, 0.25) is 0 Å². The van der Waals surface area contributed by atoms with E-state index < -0.39 is 0 Å². The van der Waals surface area contributed by atoms with Crippen LogP contribution in [0.5, 0.6) is 0 Å². The van der Waals surface area contributed by atoms with Crippen molar-refractivity contribution in [3.8, 4) is 11.1 Å². The summed E-state index contributed by atoms with van der Waals surface area (Å²) in [6.45, 7) is 11.9. The highest BCUT2D eigenvalue weighted by atomic mass is 19.1. The third-order valence-electron chi connectivity index (χ3n) is 6.04. The molecule has 146 valence electrons. The standard InChI is InChI=1S/C24H27FN2O/c1-12-13(2)15(4)21(16(5)14(12)3)22-20(25)10-9-18-23(22)26-11-19(17(6)28)24(18)27(7)8/h9-11H,1-8H3. The summed E-state index contributed by atoms with van der Waals surface area (Å²) < 4.78 is 15.2. The molecule has 0 saturated heterocycles. The van der Waals surface area contributed by atoms with E-state index in [9.17, 15) is 4.79 Å². The number of halogens is 1. The number of ketones is 1. The molecule has 28 heavy (non-hydrogen) atoms. The molecule has 1 heterocycles. The number of fused-ring (bicyclic) bond motifs is 1. The Morgan fingerprint density at radius 2 is 1.43 bits per heavy atom. The molecular formula is C24H27FN2O. The number of hydrogen-bond donors (Lipinski definition) is 0. The molecule has 0 bridgehead atoms. The fourth-order valence-corrected chi connectivity index (χ4v) is 4.08. The van der Waals surface area contributed by atoms with Gasteiger partial charge < -0.3 is 4.90 Å². The molecule has 3 rings (SSSR count). The van der Waals surface area contributed by atoms with Gasteiger partial charge in [0, 0.05) is 31.2 Å². The van der Waals surface area contributed by atoms with Crippen LogP contribution in [0.25, 0.3) is 22.0 Å². The van der Waals surface area contributed by atoms with E-state index in [1.54, 1.807) is 12.3 Å². The molecule has 0 fully saturated rings. The minimum atomic E-state index is -0.297. The van der Waals surface area contributed by atoms with Crippen LogP contribution in [-0.4, -0.2) is 24.9 Å². The Labute approximate surface area is 166 Å². The Bertz CT molecular complexity index is 1100. The summed E-state index contributed by atoms with van der Waals surface area (Å²) in [7, 11) is 3.78. The molecule has 4 heteroatoms. The van der Waals surface area contributed by atoms with Gasteiger partial charge in [-0.25, -0.2) is 4.39 Å². The topological polar surface area (TPSA) is 33.2 Å². The molecule has 1 aromatic heterocycles. The van der Waals surface area contributed by atoms with Crippen LogP contribution in [0.1, 0.15) is 45.1 Å². The van der Waals surface area contributed by atoms with Crippen molar-refractivity contribution in [2.45, 2.75) is 41.5 Å². The third-order valence-corrected chi connectivity index (χ3v) is 6.04. The number of benzene rings is 2. The molecule has 3 aromatic rings. The molecule has 2 aromatic carbocycles. The van der Waals surface area contributed by atoms with Gasteiger partial charge >= 0.3 is 0 Å². The van der Waals surface area contributed by atoms with E-state index in [4.69, 9.17) is 0 Å². The molecule has 3 nitrogen and oxygen atoms in total. The lowest BCUT2D eigenvalue weighted by molar-refractivity contribution is 0.101. The number of rotatable bonds is 3. The molecule has 0 spiro atoms. The van der Waals surface area contributed by atoms with Gasteiger partial charge in [0.25, 0.3) is 0 Å². The Hall–Kier alpha value is -2.75. The van der Waals surface area contributed by atoms with Gasteiger partial charge in [0.15, 0.2) is 5.78 Å². The Kier molecular flexibility index (Phi) is 5.00. The highest BCUT2D eigenvalue weighted by Crippen LogP contribution is 2.41. The summed E-state index contributed by atoms with van der Waals surface area (Å²) in [5.74, 6) is -0.354. The molecule has 0 saturated carbocycles. The average molecular weight is 378 g/mol. The first-order chi connectivity index (χ1) is 13.1. The molecule has 0 unspecified atom stereocenters. The second kappa shape index (κ2) is 7.01. The molecule has 0 N–H and O–H groups in total. The van der Waals surface area contributed by atoms with E-state index in [0.717, 1.165) is 27.8 Å². The average Bonchev–Trinajstić information content (AvgIpc) is 2.65. The van der Waals surface area contributed by atoms with E-state index >= 15 is 4.39 Å². The quantitative estimate of drug-likeness (QED) is 0.536. The predicted molar refractivity (Wildman–Crippen MR) is 115 cm³/mol. The monoisotopic (exact) mass is 378 g/mol. The maximum atomic E-state index is 15.2. The summed E-state index contributed by atoms with van der Waals surface area (Å²) in [5, 5.41) is 0.781. The highest BCUT2D eigenvalue weighted by Gasteiger charge is 2.22. The van der Waals surface area contributed by atoms with Crippen molar-refractivity contribution in [3.63, 3.8) is 0 Å². The van der Waals surface area contributed by atoms with Crippen molar-refractivity contribution in [1.82, 2.24) is 4.98 Å². The summed E-state index contributed by atoms with van der Waals surface area (Å²) in [4.78, 5) is 18.6. The normalized spacial score (nSPS) is 11.2. The van der Waals surface area contributed by atoms with Crippen LogP contribution in [0.15, 0.2) is 18.3 Å². The fraction of sp³-hybridized carbons (Fsp3) is 0.333. The lowest BCUT2D eigenvalue weighted by Gasteiger charge is -2.23. The number of hydrogen-bond acceptors (Lipinski definition) is 3. The van der Waals surface area contributed by atoms with Crippen LogP contribution in [0.2, 0.25) is 0 Å². The van der Waals surface area contributed by atoms with E-state index in [2.05, 4.69) is 25.8 Å². The van der Waals surface area contributed by atoms with Crippen LogP contribution < -0.4 is 4.90 Å².